The molecule has 3 aliphatic heterocycles. The smallest absolute Gasteiger partial charge is 0.252 e. The Balaban J connectivity index is 1.19. The fourth-order valence-electron chi connectivity index (χ4n) is 14.1. The molecule has 0 saturated heterocycles. The highest BCUT2D eigenvalue weighted by Gasteiger charge is 2.58. The summed E-state index contributed by atoms with van der Waals surface area (Å²) in [5.41, 5.74) is 24.5. The predicted molar refractivity (Wildman–Crippen MR) is 331 cm³/mol. The SMILES string of the molecule is CC(C)(C)c1ccc2c(c1)B1c3cc(C(C)(C)C)ccc3N(c3ccc(C(C)(C)C)cc3-c3ccccc3)c3cc(N4c5ccc(C(C)(C)C)cc5C5(C)CCCCC45C)cc(c31)N2c1ccc2oc3ccccc3c2c1. The molecule has 13 rings (SSSR count). The van der Waals surface area contributed by atoms with Crippen molar-refractivity contribution in [1.82, 2.24) is 0 Å². The van der Waals surface area contributed by atoms with Crippen LogP contribution in [0.1, 0.15) is 150 Å². The summed E-state index contributed by atoms with van der Waals surface area (Å²) in [6.45, 7) is 33.4. The van der Waals surface area contributed by atoms with Gasteiger partial charge in [0.25, 0.3) is 6.71 Å². The molecule has 9 aromatic rings. The summed E-state index contributed by atoms with van der Waals surface area (Å²) < 4.78 is 6.56. The molecule has 1 aliphatic carbocycles. The van der Waals surface area contributed by atoms with Crippen molar-refractivity contribution in [3.63, 3.8) is 0 Å². The molecule has 2 unspecified atom stereocenters. The molecule has 0 bridgehead atoms. The Morgan fingerprint density at radius 1 is 0.429 bits per heavy atom. The second kappa shape index (κ2) is 16.8. The molecule has 4 nitrogen and oxygen atoms in total. The second-order valence-corrected chi connectivity index (χ2v) is 27.8. The first-order chi connectivity index (χ1) is 36.4. The average Bonchev–Trinajstić information content (AvgIpc) is 3.88. The largest absolute Gasteiger partial charge is 0.456 e. The van der Waals surface area contributed by atoms with Gasteiger partial charge in [0, 0.05) is 61.6 Å². The Morgan fingerprint density at radius 2 is 0.948 bits per heavy atom. The Kier molecular flexibility index (Phi) is 10.8. The van der Waals surface area contributed by atoms with E-state index in [1.54, 1.807) is 0 Å². The summed E-state index contributed by atoms with van der Waals surface area (Å²) in [6.07, 6.45) is 4.70. The minimum atomic E-state index is -0.180. The highest BCUT2D eigenvalue weighted by atomic mass is 16.3. The molecule has 1 aromatic heterocycles. The molecule has 0 amide bonds. The molecule has 4 aliphatic rings. The Hall–Kier alpha value is -6.98. The quantitative estimate of drug-likeness (QED) is 0.164. The molecule has 0 N–H and O–H groups in total. The minimum Gasteiger partial charge on any atom is -0.456 e. The van der Waals surface area contributed by atoms with E-state index in [-0.39, 0.29) is 39.3 Å². The van der Waals surface area contributed by atoms with Crippen molar-refractivity contribution in [3.8, 4) is 11.1 Å². The number of benzene rings is 8. The van der Waals surface area contributed by atoms with Crippen LogP contribution in [0.2, 0.25) is 0 Å². The third-order valence-corrected chi connectivity index (χ3v) is 18.8. The molecule has 77 heavy (non-hydrogen) atoms. The molecule has 388 valence electrons. The van der Waals surface area contributed by atoms with Crippen LogP contribution in [0.3, 0.4) is 0 Å². The first-order valence-corrected chi connectivity index (χ1v) is 28.6. The minimum absolute atomic E-state index is 0.0246. The number of anilines is 8. The average molecular weight is 1010 g/mol. The summed E-state index contributed by atoms with van der Waals surface area (Å²) in [4.78, 5) is 8.13. The van der Waals surface area contributed by atoms with Gasteiger partial charge in [-0.15, -0.1) is 0 Å². The van der Waals surface area contributed by atoms with E-state index >= 15 is 0 Å². The third kappa shape index (κ3) is 7.52. The number of hydrogen-bond acceptors (Lipinski definition) is 4. The zero-order valence-corrected chi connectivity index (χ0v) is 48.2. The summed E-state index contributed by atoms with van der Waals surface area (Å²) in [6, 6.07) is 61.4. The number of rotatable bonds is 4. The van der Waals surface area contributed by atoms with Gasteiger partial charge in [0.1, 0.15) is 11.2 Å². The normalized spacial score (nSPS) is 19.1. The monoisotopic (exact) mass is 1010 g/mol. The summed E-state index contributed by atoms with van der Waals surface area (Å²) in [5, 5.41) is 2.26. The van der Waals surface area contributed by atoms with Gasteiger partial charge in [-0.3, -0.25) is 0 Å². The number of para-hydroxylation sites is 1. The lowest BCUT2D eigenvalue weighted by Crippen LogP contribution is -2.62. The molecule has 0 spiro atoms. The topological polar surface area (TPSA) is 22.9 Å². The zero-order chi connectivity index (χ0) is 53.9. The van der Waals surface area contributed by atoms with Gasteiger partial charge in [-0.05, 0) is 158 Å². The van der Waals surface area contributed by atoms with E-state index in [1.807, 2.05) is 0 Å². The van der Waals surface area contributed by atoms with Crippen molar-refractivity contribution in [2.24, 2.45) is 0 Å². The van der Waals surface area contributed by atoms with Gasteiger partial charge in [0.2, 0.25) is 0 Å². The Bertz CT molecular complexity index is 3870. The molecule has 8 aromatic carbocycles. The lowest BCUT2D eigenvalue weighted by molar-refractivity contribution is 0.195. The van der Waals surface area contributed by atoms with Crippen LogP contribution in [0.15, 0.2) is 162 Å². The number of hydrogen-bond donors (Lipinski definition) is 0. The molecular weight excluding hydrogens is 934 g/mol. The lowest BCUT2D eigenvalue weighted by atomic mass is 9.33. The molecule has 2 atom stereocenters. The van der Waals surface area contributed by atoms with Gasteiger partial charge in [0.15, 0.2) is 0 Å². The molecule has 4 heterocycles. The van der Waals surface area contributed by atoms with E-state index in [4.69, 9.17) is 4.42 Å². The molecular formula is C72H76BN3O. The Labute approximate surface area is 459 Å². The number of nitrogens with zero attached hydrogens (tertiary/aromatic N) is 3. The van der Waals surface area contributed by atoms with E-state index in [0.717, 1.165) is 40.5 Å². The highest BCUT2D eigenvalue weighted by Crippen LogP contribution is 2.62. The van der Waals surface area contributed by atoms with Crippen molar-refractivity contribution in [2.75, 3.05) is 14.7 Å². The second-order valence-electron chi connectivity index (χ2n) is 27.8. The van der Waals surface area contributed by atoms with Gasteiger partial charge in [-0.2, -0.15) is 0 Å². The van der Waals surface area contributed by atoms with Crippen molar-refractivity contribution in [3.05, 3.63) is 186 Å². The number of fused-ring (bicyclic) bond motifs is 10. The molecule has 1 fully saturated rings. The van der Waals surface area contributed by atoms with Crippen molar-refractivity contribution in [2.45, 2.75) is 155 Å². The van der Waals surface area contributed by atoms with E-state index in [2.05, 4.69) is 269 Å². The first kappa shape index (κ1) is 49.6. The molecule has 1 saturated carbocycles. The number of furan rings is 1. The van der Waals surface area contributed by atoms with Gasteiger partial charge < -0.3 is 19.1 Å². The van der Waals surface area contributed by atoms with Crippen LogP contribution in [-0.2, 0) is 27.1 Å². The van der Waals surface area contributed by atoms with Crippen LogP contribution in [0, 0.1) is 0 Å². The van der Waals surface area contributed by atoms with Crippen LogP contribution in [-0.4, -0.2) is 12.3 Å². The molecule has 0 radical (unpaired) electrons. The van der Waals surface area contributed by atoms with Gasteiger partial charge in [-0.25, -0.2) is 0 Å². The summed E-state index contributed by atoms with van der Waals surface area (Å²) in [7, 11) is 0. The third-order valence-electron chi connectivity index (χ3n) is 18.8. The van der Waals surface area contributed by atoms with E-state index < -0.39 is 0 Å². The zero-order valence-electron chi connectivity index (χ0n) is 48.2. The van der Waals surface area contributed by atoms with Crippen molar-refractivity contribution >= 4 is 90.5 Å². The summed E-state index contributed by atoms with van der Waals surface area (Å²) in [5.74, 6) is 0. The van der Waals surface area contributed by atoms with Gasteiger partial charge in [-0.1, -0.05) is 194 Å². The fraction of sp³-hybridized carbons (Fsp3) is 0.333. The van der Waals surface area contributed by atoms with Crippen LogP contribution in [0.4, 0.5) is 45.5 Å². The molecule has 5 heteroatoms. The standard InChI is InChI=1S/C72H76BN3O/c1-67(2,3)46-26-31-58(53(38-46)45-22-16-15-17-23-45)75-61-34-29-49(70(10,11)12)41-57(61)73-56-40-48(69(7,8)9)28-33-60(56)74(50-30-35-65-54(42-50)52-24-18-19-25-64(52)77-65)62-43-51(44-63(75)66(62)73)76-59-32-27-47(68(4,5)6)39-55(59)71(13)36-20-21-37-72(71,76)14/h15-19,22-35,38-44H,20-21,36-37H2,1-14H3. The lowest BCUT2D eigenvalue weighted by Gasteiger charge is -2.51. The van der Waals surface area contributed by atoms with Crippen LogP contribution in [0.5, 0.6) is 0 Å². The van der Waals surface area contributed by atoms with Crippen molar-refractivity contribution < 1.29 is 4.42 Å². The Morgan fingerprint density at radius 3 is 1.58 bits per heavy atom. The highest BCUT2D eigenvalue weighted by molar-refractivity contribution is 7.00. The van der Waals surface area contributed by atoms with Crippen molar-refractivity contribution in [1.29, 1.82) is 0 Å². The maximum absolute atomic E-state index is 6.56. The van der Waals surface area contributed by atoms with E-state index in [1.165, 1.54) is 108 Å². The summed E-state index contributed by atoms with van der Waals surface area (Å²) >= 11 is 0. The first-order valence-electron chi connectivity index (χ1n) is 28.6. The van der Waals surface area contributed by atoms with E-state index in [9.17, 15) is 0 Å². The maximum Gasteiger partial charge on any atom is 0.252 e. The predicted octanol–water partition coefficient (Wildman–Crippen LogP) is 18.3. The van der Waals surface area contributed by atoms with Crippen LogP contribution < -0.4 is 31.1 Å². The van der Waals surface area contributed by atoms with E-state index in [0.29, 0.717) is 0 Å². The fourth-order valence-corrected chi connectivity index (χ4v) is 14.1. The van der Waals surface area contributed by atoms with Gasteiger partial charge in [0.05, 0.1) is 11.2 Å². The van der Waals surface area contributed by atoms with Gasteiger partial charge >= 0.3 is 0 Å². The van der Waals surface area contributed by atoms with Crippen LogP contribution >= 0.6 is 0 Å². The maximum atomic E-state index is 6.56. The van der Waals surface area contributed by atoms with Crippen LogP contribution in [0.25, 0.3) is 33.1 Å².